The summed E-state index contributed by atoms with van der Waals surface area (Å²) in [5, 5.41) is 8.93. The van der Waals surface area contributed by atoms with Gasteiger partial charge in [0.2, 0.25) is 10.1 Å². The molecule has 0 atom stereocenters. The van der Waals surface area contributed by atoms with Crippen molar-refractivity contribution in [1.29, 1.82) is 0 Å². The van der Waals surface area contributed by atoms with Crippen LogP contribution in [0.3, 0.4) is 0 Å². The molecular formula is C16H18F4N4S. The highest BCUT2D eigenvalue weighted by Crippen LogP contribution is 2.33. The molecule has 0 bridgehead atoms. The fourth-order valence-corrected chi connectivity index (χ4v) is 3.50. The second-order valence-electron chi connectivity index (χ2n) is 6.14. The van der Waals surface area contributed by atoms with E-state index in [2.05, 4.69) is 20.4 Å². The summed E-state index contributed by atoms with van der Waals surface area (Å²) in [5.74, 6) is 0.147. The van der Waals surface area contributed by atoms with Crippen molar-refractivity contribution in [3.05, 3.63) is 40.7 Å². The second-order valence-corrected chi connectivity index (χ2v) is 7.12. The van der Waals surface area contributed by atoms with Gasteiger partial charge in [-0.05, 0) is 49.5 Å². The maximum atomic E-state index is 13.2. The first-order chi connectivity index (χ1) is 11.9. The van der Waals surface area contributed by atoms with Crippen LogP contribution < -0.4 is 5.32 Å². The predicted molar refractivity (Wildman–Crippen MR) is 87.8 cm³/mol. The topological polar surface area (TPSA) is 41.0 Å². The van der Waals surface area contributed by atoms with Gasteiger partial charge in [0.1, 0.15) is 5.82 Å². The van der Waals surface area contributed by atoms with Gasteiger partial charge in [-0.2, -0.15) is 13.2 Å². The van der Waals surface area contributed by atoms with Crippen molar-refractivity contribution in [1.82, 2.24) is 15.1 Å². The number of piperidine rings is 1. The van der Waals surface area contributed by atoms with Crippen LogP contribution >= 0.6 is 11.3 Å². The van der Waals surface area contributed by atoms with Crippen LogP contribution in [0.15, 0.2) is 24.3 Å². The van der Waals surface area contributed by atoms with Crippen LogP contribution in [0, 0.1) is 11.7 Å². The summed E-state index contributed by atoms with van der Waals surface area (Å²) in [5.41, 5.74) is 0.949. The average Bonchev–Trinajstić information content (AvgIpc) is 3.04. The maximum absolute atomic E-state index is 13.2. The molecule has 1 saturated heterocycles. The summed E-state index contributed by atoms with van der Waals surface area (Å²) in [4.78, 5) is 2.26. The Kier molecular flexibility index (Phi) is 5.53. The van der Waals surface area contributed by atoms with E-state index < -0.39 is 11.2 Å². The Balaban J connectivity index is 1.43. The van der Waals surface area contributed by atoms with Crippen LogP contribution in [0.2, 0.25) is 0 Å². The van der Waals surface area contributed by atoms with Gasteiger partial charge in [-0.1, -0.05) is 23.5 Å². The quantitative estimate of drug-likeness (QED) is 0.803. The number of anilines is 1. The molecule has 0 unspecified atom stereocenters. The van der Waals surface area contributed by atoms with E-state index >= 15 is 0 Å². The molecule has 0 spiro atoms. The molecule has 3 rings (SSSR count). The lowest BCUT2D eigenvalue weighted by Gasteiger charge is -2.32. The third-order valence-electron chi connectivity index (χ3n) is 4.21. The summed E-state index contributed by atoms with van der Waals surface area (Å²) in [7, 11) is 0. The van der Waals surface area contributed by atoms with Gasteiger partial charge >= 0.3 is 6.18 Å². The van der Waals surface area contributed by atoms with E-state index in [1.165, 1.54) is 6.07 Å². The minimum atomic E-state index is -4.44. The smallest absolute Gasteiger partial charge is 0.360 e. The number of benzene rings is 1. The van der Waals surface area contributed by atoms with E-state index in [9.17, 15) is 17.6 Å². The average molecular weight is 374 g/mol. The molecule has 1 fully saturated rings. The molecule has 4 nitrogen and oxygen atoms in total. The Morgan fingerprint density at radius 1 is 1.20 bits per heavy atom. The van der Waals surface area contributed by atoms with E-state index in [-0.39, 0.29) is 10.9 Å². The Morgan fingerprint density at radius 2 is 1.96 bits per heavy atom. The highest BCUT2D eigenvalue weighted by atomic mass is 32.1. The predicted octanol–water partition coefficient (Wildman–Crippen LogP) is 4.02. The van der Waals surface area contributed by atoms with E-state index in [0.717, 1.165) is 31.5 Å². The number of likely N-dealkylation sites (tertiary alicyclic amines) is 1. The highest BCUT2D eigenvalue weighted by Gasteiger charge is 2.35. The lowest BCUT2D eigenvalue weighted by Crippen LogP contribution is -2.35. The number of nitrogens with one attached hydrogen (secondary N) is 1. The molecule has 0 aliphatic carbocycles. The summed E-state index contributed by atoms with van der Waals surface area (Å²) >= 11 is 0.528. The van der Waals surface area contributed by atoms with Gasteiger partial charge in [-0.15, -0.1) is 10.2 Å². The molecular weight excluding hydrogens is 356 g/mol. The first-order valence-corrected chi connectivity index (χ1v) is 8.83. The van der Waals surface area contributed by atoms with Gasteiger partial charge in [-0.3, -0.25) is 4.90 Å². The second kappa shape index (κ2) is 7.65. The Labute approximate surface area is 146 Å². The van der Waals surface area contributed by atoms with Crippen LogP contribution in [0.1, 0.15) is 23.4 Å². The molecule has 136 valence electrons. The van der Waals surface area contributed by atoms with Gasteiger partial charge < -0.3 is 5.32 Å². The molecule has 25 heavy (non-hydrogen) atoms. The number of nitrogens with zero attached hydrogens (tertiary/aromatic N) is 3. The van der Waals surface area contributed by atoms with Crippen molar-refractivity contribution < 1.29 is 17.6 Å². The minimum Gasteiger partial charge on any atom is -0.360 e. The zero-order chi connectivity index (χ0) is 17.9. The van der Waals surface area contributed by atoms with Gasteiger partial charge in [0.25, 0.3) is 0 Å². The van der Waals surface area contributed by atoms with E-state index in [0.29, 0.717) is 30.3 Å². The van der Waals surface area contributed by atoms with Crippen molar-refractivity contribution >= 4 is 16.5 Å². The zero-order valence-electron chi connectivity index (χ0n) is 13.4. The molecule has 9 heteroatoms. The first-order valence-electron chi connectivity index (χ1n) is 8.01. The Morgan fingerprint density at radius 3 is 2.60 bits per heavy atom. The van der Waals surface area contributed by atoms with Crippen molar-refractivity contribution in [3.8, 4) is 0 Å². The molecule has 1 aliphatic heterocycles. The van der Waals surface area contributed by atoms with Gasteiger partial charge in [0.05, 0.1) is 0 Å². The lowest BCUT2D eigenvalue weighted by atomic mass is 9.96. The van der Waals surface area contributed by atoms with Crippen molar-refractivity contribution in [2.45, 2.75) is 25.6 Å². The van der Waals surface area contributed by atoms with Crippen molar-refractivity contribution in [2.75, 3.05) is 25.0 Å². The Hall–Kier alpha value is -1.74. The maximum Gasteiger partial charge on any atom is 0.445 e. The van der Waals surface area contributed by atoms with Crippen LogP contribution in [-0.4, -0.2) is 34.7 Å². The fraction of sp³-hybridized carbons (Fsp3) is 0.500. The summed E-state index contributed by atoms with van der Waals surface area (Å²) in [6, 6.07) is 6.59. The summed E-state index contributed by atoms with van der Waals surface area (Å²) in [6.45, 7) is 3.06. The van der Waals surface area contributed by atoms with Gasteiger partial charge in [0.15, 0.2) is 0 Å². The first kappa shape index (κ1) is 18.1. The van der Waals surface area contributed by atoms with Crippen LogP contribution in [-0.2, 0) is 12.7 Å². The number of halogens is 4. The molecule has 2 heterocycles. The summed E-state index contributed by atoms with van der Waals surface area (Å²) < 4.78 is 50.7. The third-order valence-corrected chi connectivity index (χ3v) is 5.14. The molecule has 1 aromatic heterocycles. The molecule has 1 aromatic carbocycles. The third kappa shape index (κ3) is 5.12. The number of alkyl halides is 3. The number of hydrogen-bond acceptors (Lipinski definition) is 5. The van der Waals surface area contributed by atoms with Gasteiger partial charge in [-0.25, -0.2) is 4.39 Å². The van der Waals surface area contributed by atoms with Crippen LogP contribution in [0.5, 0.6) is 0 Å². The zero-order valence-corrected chi connectivity index (χ0v) is 14.2. The molecule has 1 N–H and O–H groups in total. The Bertz CT molecular complexity index is 695. The van der Waals surface area contributed by atoms with Crippen molar-refractivity contribution in [2.24, 2.45) is 5.92 Å². The number of hydrogen-bond donors (Lipinski definition) is 1. The van der Waals surface area contributed by atoms with Crippen molar-refractivity contribution in [3.63, 3.8) is 0 Å². The molecule has 0 saturated carbocycles. The number of rotatable bonds is 5. The molecule has 2 aromatic rings. The molecule has 1 aliphatic rings. The summed E-state index contributed by atoms with van der Waals surface area (Å²) in [6.07, 6.45) is -2.57. The van der Waals surface area contributed by atoms with Crippen LogP contribution in [0.4, 0.5) is 22.7 Å². The van der Waals surface area contributed by atoms with E-state index in [1.54, 1.807) is 12.1 Å². The van der Waals surface area contributed by atoms with Gasteiger partial charge in [0, 0.05) is 13.1 Å². The van der Waals surface area contributed by atoms with E-state index in [4.69, 9.17) is 0 Å². The lowest BCUT2D eigenvalue weighted by molar-refractivity contribution is -0.138. The van der Waals surface area contributed by atoms with E-state index in [1.807, 2.05) is 6.07 Å². The number of aromatic nitrogens is 2. The standard InChI is InChI=1S/C16H18F4N4S/c17-13-3-1-2-12(8-13)10-24-6-4-11(5-7-24)9-21-15-23-22-14(25-15)16(18,19)20/h1-3,8,11H,4-7,9-10H2,(H,21,23). The SMILES string of the molecule is Fc1cccc(CN2CCC(CNc3nnc(C(F)(F)F)s3)CC2)c1. The monoisotopic (exact) mass is 374 g/mol. The fourth-order valence-electron chi connectivity index (χ4n) is 2.88. The minimum absolute atomic E-state index is 0.203. The molecule has 0 amide bonds. The normalized spacial score (nSPS) is 17.0. The molecule has 0 radical (unpaired) electrons. The highest BCUT2D eigenvalue weighted by molar-refractivity contribution is 7.15. The van der Waals surface area contributed by atoms with Crippen LogP contribution in [0.25, 0.3) is 0 Å². The largest absolute Gasteiger partial charge is 0.445 e.